The van der Waals surface area contributed by atoms with Gasteiger partial charge in [-0.25, -0.2) is 4.79 Å². The molecule has 2 fully saturated rings. The third kappa shape index (κ3) is 2.37. The van der Waals surface area contributed by atoms with E-state index in [4.69, 9.17) is 5.11 Å². The summed E-state index contributed by atoms with van der Waals surface area (Å²) in [7, 11) is 0. The van der Waals surface area contributed by atoms with Crippen molar-refractivity contribution in [3.8, 4) is 0 Å². The highest BCUT2D eigenvalue weighted by Crippen LogP contribution is 2.57. The van der Waals surface area contributed by atoms with Crippen molar-refractivity contribution in [3.05, 3.63) is 64.7 Å². The zero-order chi connectivity index (χ0) is 17.9. The van der Waals surface area contributed by atoms with E-state index < -0.39 is 5.97 Å². The molecule has 0 saturated heterocycles. The molecule has 1 heterocycles. The molecule has 3 atom stereocenters. The molecule has 3 aliphatic rings. The van der Waals surface area contributed by atoms with Gasteiger partial charge in [-0.3, -0.25) is 0 Å². The molecule has 1 aliphatic heterocycles. The molecule has 2 aromatic carbocycles. The minimum atomic E-state index is -0.864. The van der Waals surface area contributed by atoms with Crippen LogP contribution >= 0.6 is 0 Å². The van der Waals surface area contributed by atoms with Gasteiger partial charge in [0.15, 0.2) is 0 Å². The minimum absolute atomic E-state index is 0.210. The fourth-order valence-electron chi connectivity index (χ4n) is 5.31. The van der Waals surface area contributed by atoms with Gasteiger partial charge in [-0.1, -0.05) is 37.6 Å². The van der Waals surface area contributed by atoms with Crippen molar-refractivity contribution in [2.24, 2.45) is 5.92 Å². The number of carboxylic acids is 1. The Hall–Kier alpha value is -2.29. The van der Waals surface area contributed by atoms with Crippen LogP contribution in [-0.4, -0.2) is 11.1 Å². The summed E-state index contributed by atoms with van der Waals surface area (Å²) in [5.74, 6) is 0.474. The second-order valence-electron chi connectivity index (χ2n) is 8.54. The summed E-state index contributed by atoms with van der Waals surface area (Å²) in [6.07, 6.45) is 6.40. The number of hydrogen-bond donors (Lipinski definition) is 2. The molecule has 0 bridgehead atoms. The highest BCUT2D eigenvalue weighted by atomic mass is 16.4. The molecule has 2 unspecified atom stereocenters. The van der Waals surface area contributed by atoms with Crippen molar-refractivity contribution in [1.82, 2.24) is 0 Å². The maximum absolute atomic E-state index is 11.2. The molecule has 0 spiro atoms. The SMILES string of the molecule is CC12CCC[C@@H]1C(c1ccc(C(=O)O)cc1)Nc1ccc(C3CC3)cc12. The largest absolute Gasteiger partial charge is 0.478 e. The first-order valence-electron chi connectivity index (χ1n) is 9.80. The van der Waals surface area contributed by atoms with Gasteiger partial charge in [0, 0.05) is 5.69 Å². The highest BCUT2D eigenvalue weighted by molar-refractivity contribution is 5.87. The third-order valence-corrected chi connectivity index (χ3v) is 6.97. The van der Waals surface area contributed by atoms with Crippen molar-refractivity contribution in [1.29, 1.82) is 0 Å². The number of benzene rings is 2. The van der Waals surface area contributed by atoms with E-state index in [9.17, 15) is 4.79 Å². The lowest BCUT2D eigenvalue weighted by atomic mass is 9.66. The molecule has 2 N–H and O–H groups in total. The lowest BCUT2D eigenvalue weighted by molar-refractivity contribution is 0.0697. The zero-order valence-corrected chi connectivity index (χ0v) is 15.2. The van der Waals surface area contributed by atoms with Gasteiger partial charge < -0.3 is 10.4 Å². The molecule has 0 aromatic heterocycles. The molecule has 5 rings (SSSR count). The predicted molar refractivity (Wildman–Crippen MR) is 103 cm³/mol. The van der Waals surface area contributed by atoms with Gasteiger partial charge in [0.2, 0.25) is 0 Å². The summed E-state index contributed by atoms with van der Waals surface area (Å²) in [5, 5.41) is 13.0. The van der Waals surface area contributed by atoms with Gasteiger partial charge in [-0.2, -0.15) is 0 Å². The van der Waals surface area contributed by atoms with Crippen molar-refractivity contribution in [3.63, 3.8) is 0 Å². The molecule has 0 radical (unpaired) electrons. The smallest absolute Gasteiger partial charge is 0.335 e. The van der Waals surface area contributed by atoms with Crippen molar-refractivity contribution in [2.45, 2.75) is 56.4 Å². The molecule has 3 heteroatoms. The lowest BCUT2D eigenvalue weighted by Gasteiger charge is -2.45. The number of fused-ring (bicyclic) bond motifs is 3. The molecule has 2 saturated carbocycles. The van der Waals surface area contributed by atoms with Crippen LogP contribution in [0.3, 0.4) is 0 Å². The van der Waals surface area contributed by atoms with Crippen molar-refractivity contribution in [2.75, 3.05) is 5.32 Å². The van der Waals surface area contributed by atoms with Crippen LogP contribution in [0.15, 0.2) is 42.5 Å². The minimum Gasteiger partial charge on any atom is -0.478 e. The molecule has 2 aromatic rings. The molecule has 134 valence electrons. The predicted octanol–water partition coefficient (Wildman–Crippen LogP) is 5.49. The summed E-state index contributed by atoms with van der Waals surface area (Å²) in [4.78, 5) is 11.2. The molecular formula is C23H25NO2. The van der Waals surface area contributed by atoms with Crippen LogP contribution in [0.2, 0.25) is 0 Å². The topological polar surface area (TPSA) is 49.3 Å². The second-order valence-corrected chi connectivity index (χ2v) is 8.54. The number of aromatic carboxylic acids is 1. The van der Waals surface area contributed by atoms with E-state index >= 15 is 0 Å². The summed E-state index contributed by atoms with van der Waals surface area (Å²) in [6, 6.07) is 14.8. The Morgan fingerprint density at radius 3 is 2.50 bits per heavy atom. The van der Waals surface area contributed by atoms with Crippen LogP contribution in [-0.2, 0) is 5.41 Å². The van der Waals surface area contributed by atoms with Gasteiger partial charge in [0.1, 0.15) is 0 Å². The van der Waals surface area contributed by atoms with Gasteiger partial charge >= 0.3 is 5.97 Å². The number of anilines is 1. The third-order valence-electron chi connectivity index (χ3n) is 6.97. The zero-order valence-electron chi connectivity index (χ0n) is 15.2. The van der Waals surface area contributed by atoms with E-state index in [-0.39, 0.29) is 11.5 Å². The Morgan fingerprint density at radius 1 is 1.08 bits per heavy atom. The molecule has 3 nitrogen and oxygen atoms in total. The summed E-state index contributed by atoms with van der Waals surface area (Å²) in [6.45, 7) is 2.44. The van der Waals surface area contributed by atoms with Crippen molar-refractivity contribution < 1.29 is 9.90 Å². The van der Waals surface area contributed by atoms with E-state index in [2.05, 4.69) is 30.4 Å². The first-order chi connectivity index (χ1) is 12.6. The average Bonchev–Trinajstić information content (AvgIpc) is 3.42. The molecule has 2 aliphatic carbocycles. The Bertz CT molecular complexity index is 868. The molecular weight excluding hydrogens is 322 g/mol. The summed E-state index contributed by atoms with van der Waals surface area (Å²) >= 11 is 0. The van der Waals surface area contributed by atoms with Crippen LogP contribution in [0.25, 0.3) is 0 Å². The first kappa shape index (κ1) is 15.9. The summed E-state index contributed by atoms with van der Waals surface area (Å²) in [5.41, 5.74) is 6.05. The lowest BCUT2D eigenvalue weighted by Crippen LogP contribution is -2.39. The standard InChI is InChI=1S/C23H25NO2/c1-23-12-2-3-18(23)21(15-6-8-16(9-7-15)22(25)26)24-20-11-10-17(13-19(20)23)14-4-5-14/h6-11,13-14,18,21,24H,2-5,12H2,1H3,(H,25,26)/t18-,21?,23?/m1/s1. The van der Waals surface area contributed by atoms with Crippen LogP contribution in [0, 0.1) is 5.92 Å². The van der Waals surface area contributed by atoms with Crippen molar-refractivity contribution >= 4 is 11.7 Å². The quantitative estimate of drug-likeness (QED) is 0.772. The van der Waals surface area contributed by atoms with Gasteiger partial charge in [0.05, 0.1) is 11.6 Å². The van der Waals surface area contributed by atoms with Gasteiger partial charge in [0.25, 0.3) is 0 Å². The first-order valence-corrected chi connectivity index (χ1v) is 9.80. The van der Waals surface area contributed by atoms with Crippen LogP contribution in [0.5, 0.6) is 0 Å². The molecule has 0 amide bonds. The Balaban J connectivity index is 1.56. The Kier molecular flexibility index (Phi) is 3.43. The molecule has 26 heavy (non-hydrogen) atoms. The second kappa shape index (κ2) is 5.60. The number of carbonyl (C=O) groups is 1. The normalized spacial score (nSPS) is 29.6. The van der Waals surface area contributed by atoms with Crippen LogP contribution in [0.4, 0.5) is 5.69 Å². The van der Waals surface area contributed by atoms with E-state index in [1.807, 2.05) is 12.1 Å². The number of nitrogens with one attached hydrogen (secondary N) is 1. The van der Waals surface area contributed by atoms with E-state index in [0.29, 0.717) is 11.5 Å². The number of rotatable bonds is 3. The maximum Gasteiger partial charge on any atom is 0.335 e. The number of hydrogen-bond acceptors (Lipinski definition) is 2. The fourth-order valence-corrected chi connectivity index (χ4v) is 5.31. The monoisotopic (exact) mass is 347 g/mol. The van der Waals surface area contributed by atoms with E-state index in [1.165, 1.54) is 54.5 Å². The van der Waals surface area contributed by atoms with E-state index in [1.54, 1.807) is 12.1 Å². The fraction of sp³-hybridized carbons (Fsp3) is 0.435. The maximum atomic E-state index is 11.2. The van der Waals surface area contributed by atoms with Crippen LogP contribution < -0.4 is 5.32 Å². The summed E-state index contributed by atoms with van der Waals surface area (Å²) < 4.78 is 0. The van der Waals surface area contributed by atoms with Gasteiger partial charge in [-0.05, 0) is 77.8 Å². The van der Waals surface area contributed by atoms with E-state index in [0.717, 1.165) is 5.92 Å². The highest BCUT2D eigenvalue weighted by Gasteiger charge is 2.49. The Labute approximate surface area is 154 Å². The Morgan fingerprint density at radius 2 is 1.81 bits per heavy atom. The number of carboxylic acid groups (broad SMARTS) is 1. The van der Waals surface area contributed by atoms with Crippen LogP contribution in [0.1, 0.15) is 78.0 Å². The van der Waals surface area contributed by atoms with Gasteiger partial charge in [-0.15, -0.1) is 0 Å². The average molecular weight is 347 g/mol.